The molecule has 1 atom stereocenters. The second-order valence-electron chi connectivity index (χ2n) is 4.11. The van der Waals surface area contributed by atoms with Crippen molar-refractivity contribution in [3.05, 3.63) is 48.0 Å². The standard InChI is InChI=1S/C14H19N3O/c1-4-9-16-14(15)17-13(18)11(3)12-8-6-5-7-10(12)2/h4-8,11H,1,9H2,2-3H3,(H3,15,16,17,18). The molecule has 0 aliphatic rings. The van der Waals surface area contributed by atoms with Crippen molar-refractivity contribution in [2.45, 2.75) is 19.8 Å². The Morgan fingerprint density at radius 3 is 2.78 bits per heavy atom. The molecule has 4 nitrogen and oxygen atoms in total. The summed E-state index contributed by atoms with van der Waals surface area (Å²) in [5, 5.41) is 12.8. The molecule has 1 aromatic carbocycles. The number of hydrogen-bond donors (Lipinski definition) is 3. The number of carbonyl (C=O) groups is 1. The van der Waals surface area contributed by atoms with Gasteiger partial charge in [0, 0.05) is 6.54 Å². The zero-order chi connectivity index (χ0) is 13.5. The molecule has 18 heavy (non-hydrogen) atoms. The number of nitrogens with one attached hydrogen (secondary N) is 3. The van der Waals surface area contributed by atoms with Crippen molar-refractivity contribution in [2.75, 3.05) is 6.54 Å². The molecule has 1 rings (SSSR count). The molecule has 0 heterocycles. The minimum absolute atomic E-state index is 0.000309. The summed E-state index contributed by atoms with van der Waals surface area (Å²) in [5.41, 5.74) is 2.05. The average molecular weight is 245 g/mol. The van der Waals surface area contributed by atoms with Gasteiger partial charge in [-0.1, -0.05) is 30.3 Å². The fourth-order valence-corrected chi connectivity index (χ4v) is 1.66. The molecule has 1 unspecified atom stereocenters. The Hall–Kier alpha value is -2.10. The Morgan fingerprint density at radius 1 is 1.50 bits per heavy atom. The third kappa shape index (κ3) is 3.73. The Kier molecular flexibility index (Phi) is 5.11. The molecule has 0 aliphatic heterocycles. The van der Waals surface area contributed by atoms with E-state index in [9.17, 15) is 4.79 Å². The molecule has 0 spiro atoms. The number of rotatable bonds is 4. The van der Waals surface area contributed by atoms with Crippen molar-refractivity contribution in [1.82, 2.24) is 10.6 Å². The van der Waals surface area contributed by atoms with E-state index in [-0.39, 0.29) is 17.8 Å². The van der Waals surface area contributed by atoms with Gasteiger partial charge in [-0.15, -0.1) is 6.58 Å². The zero-order valence-electron chi connectivity index (χ0n) is 10.8. The lowest BCUT2D eigenvalue weighted by Gasteiger charge is -2.15. The lowest BCUT2D eigenvalue weighted by molar-refractivity contribution is -0.120. The molecule has 0 saturated carbocycles. The zero-order valence-corrected chi connectivity index (χ0v) is 10.8. The van der Waals surface area contributed by atoms with Gasteiger partial charge >= 0.3 is 0 Å². The molecule has 0 fully saturated rings. The molecule has 96 valence electrons. The first-order valence-corrected chi connectivity index (χ1v) is 5.86. The van der Waals surface area contributed by atoms with Crippen LogP contribution in [0, 0.1) is 12.3 Å². The monoisotopic (exact) mass is 245 g/mol. The summed E-state index contributed by atoms with van der Waals surface area (Å²) in [5.74, 6) is -0.469. The molecule has 3 N–H and O–H groups in total. The minimum atomic E-state index is -0.280. The molecule has 0 aromatic heterocycles. The van der Waals surface area contributed by atoms with Gasteiger partial charge in [-0.3, -0.25) is 15.5 Å². The fraction of sp³-hybridized carbons (Fsp3) is 0.286. The van der Waals surface area contributed by atoms with Crippen molar-refractivity contribution in [1.29, 1.82) is 5.41 Å². The van der Waals surface area contributed by atoms with E-state index in [1.54, 1.807) is 6.08 Å². The van der Waals surface area contributed by atoms with E-state index >= 15 is 0 Å². The van der Waals surface area contributed by atoms with E-state index in [4.69, 9.17) is 5.41 Å². The molecule has 1 amide bonds. The van der Waals surface area contributed by atoms with Crippen LogP contribution >= 0.6 is 0 Å². The minimum Gasteiger partial charge on any atom is -0.353 e. The molecule has 0 saturated heterocycles. The number of benzene rings is 1. The van der Waals surface area contributed by atoms with Crippen LogP contribution in [0.2, 0.25) is 0 Å². The Labute approximate surface area is 108 Å². The first-order valence-electron chi connectivity index (χ1n) is 5.86. The average Bonchev–Trinajstić information content (AvgIpc) is 2.36. The third-order valence-corrected chi connectivity index (χ3v) is 2.72. The molecule has 0 aliphatic carbocycles. The molecule has 0 radical (unpaired) electrons. The molecule has 1 aromatic rings. The quantitative estimate of drug-likeness (QED) is 0.431. The van der Waals surface area contributed by atoms with Crippen molar-refractivity contribution >= 4 is 11.9 Å². The van der Waals surface area contributed by atoms with Gasteiger partial charge in [-0.2, -0.15) is 0 Å². The number of aryl methyl sites for hydroxylation is 1. The van der Waals surface area contributed by atoms with Gasteiger partial charge in [-0.25, -0.2) is 0 Å². The van der Waals surface area contributed by atoms with E-state index in [1.807, 2.05) is 38.1 Å². The van der Waals surface area contributed by atoms with Gasteiger partial charge < -0.3 is 5.32 Å². The summed E-state index contributed by atoms with van der Waals surface area (Å²) >= 11 is 0. The summed E-state index contributed by atoms with van der Waals surface area (Å²) in [6.45, 7) is 7.79. The van der Waals surface area contributed by atoms with Crippen LogP contribution in [0.4, 0.5) is 0 Å². The maximum Gasteiger partial charge on any atom is 0.233 e. The van der Waals surface area contributed by atoms with E-state index in [1.165, 1.54) is 0 Å². The lowest BCUT2D eigenvalue weighted by Crippen LogP contribution is -2.42. The highest BCUT2D eigenvalue weighted by atomic mass is 16.2. The number of carbonyl (C=O) groups excluding carboxylic acids is 1. The highest BCUT2D eigenvalue weighted by Gasteiger charge is 2.17. The Bertz CT molecular complexity index is 454. The van der Waals surface area contributed by atoms with E-state index in [0.717, 1.165) is 11.1 Å². The van der Waals surface area contributed by atoms with Crippen LogP contribution in [-0.4, -0.2) is 18.4 Å². The summed E-state index contributed by atoms with van der Waals surface area (Å²) in [4.78, 5) is 12.0. The maximum absolute atomic E-state index is 12.0. The summed E-state index contributed by atoms with van der Waals surface area (Å²) in [6, 6.07) is 7.76. The second kappa shape index (κ2) is 6.59. The smallest absolute Gasteiger partial charge is 0.233 e. The van der Waals surface area contributed by atoms with Gasteiger partial charge in [0.15, 0.2) is 5.96 Å². The van der Waals surface area contributed by atoms with Crippen LogP contribution in [0.25, 0.3) is 0 Å². The van der Waals surface area contributed by atoms with Crippen molar-refractivity contribution in [3.8, 4) is 0 Å². The van der Waals surface area contributed by atoms with Gasteiger partial charge in [0.2, 0.25) is 5.91 Å². The highest BCUT2D eigenvalue weighted by molar-refractivity contribution is 5.98. The van der Waals surface area contributed by atoms with Crippen molar-refractivity contribution in [3.63, 3.8) is 0 Å². The number of amides is 1. The molecule has 0 bridgehead atoms. The van der Waals surface area contributed by atoms with E-state index in [2.05, 4.69) is 17.2 Å². The maximum atomic E-state index is 12.0. The van der Waals surface area contributed by atoms with Gasteiger partial charge in [0.1, 0.15) is 0 Å². The lowest BCUT2D eigenvalue weighted by atomic mass is 9.96. The summed E-state index contributed by atoms with van der Waals surface area (Å²) in [6.07, 6.45) is 1.63. The summed E-state index contributed by atoms with van der Waals surface area (Å²) < 4.78 is 0. The normalized spacial score (nSPS) is 11.4. The Morgan fingerprint density at radius 2 is 2.17 bits per heavy atom. The van der Waals surface area contributed by atoms with Crippen LogP contribution in [0.1, 0.15) is 24.0 Å². The number of hydrogen-bond acceptors (Lipinski definition) is 2. The van der Waals surface area contributed by atoms with E-state index < -0.39 is 0 Å². The van der Waals surface area contributed by atoms with Crippen LogP contribution < -0.4 is 10.6 Å². The summed E-state index contributed by atoms with van der Waals surface area (Å²) in [7, 11) is 0. The molecule has 4 heteroatoms. The van der Waals surface area contributed by atoms with Gasteiger partial charge in [0.25, 0.3) is 0 Å². The second-order valence-corrected chi connectivity index (χ2v) is 4.11. The molecular formula is C14H19N3O. The van der Waals surface area contributed by atoms with Gasteiger partial charge in [-0.05, 0) is 25.0 Å². The predicted molar refractivity (Wildman–Crippen MR) is 73.7 cm³/mol. The topological polar surface area (TPSA) is 65.0 Å². The predicted octanol–water partition coefficient (Wildman–Crippen LogP) is 1.93. The molecular weight excluding hydrogens is 226 g/mol. The van der Waals surface area contributed by atoms with Crippen LogP contribution in [0.15, 0.2) is 36.9 Å². The fourth-order valence-electron chi connectivity index (χ4n) is 1.66. The van der Waals surface area contributed by atoms with Crippen LogP contribution in [0.3, 0.4) is 0 Å². The number of guanidine groups is 1. The SMILES string of the molecule is C=CCNC(=N)NC(=O)C(C)c1ccccc1C. The van der Waals surface area contributed by atoms with Crippen molar-refractivity contribution in [2.24, 2.45) is 0 Å². The van der Waals surface area contributed by atoms with E-state index in [0.29, 0.717) is 6.54 Å². The highest BCUT2D eigenvalue weighted by Crippen LogP contribution is 2.18. The largest absolute Gasteiger partial charge is 0.353 e. The van der Waals surface area contributed by atoms with Crippen LogP contribution in [-0.2, 0) is 4.79 Å². The Balaban J connectivity index is 2.65. The van der Waals surface area contributed by atoms with Gasteiger partial charge in [0.05, 0.1) is 5.92 Å². The van der Waals surface area contributed by atoms with Crippen molar-refractivity contribution < 1.29 is 4.79 Å². The van der Waals surface area contributed by atoms with Crippen LogP contribution in [0.5, 0.6) is 0 Å². The first-order chi connectivity index (χ1) is 8.56. The third-order valence-electron chi connectivity index (χ3n) is 2.72. The first kappa shape index (κ1) is 14.0.